The molecule has 2 aromatic rings. The van der Waals surface area contributed by atoms with Crippen molar-refractivity contribution >= 4 is 81.2 Å². The number of sulfone groups is 1. The molecule has 1 saturated carbocycles. The summed E-state index contributed by atoms with van der Waals surface area (Å²) in [5.74, 6) is -3.10. The van der Waals surface area contributed by atoms with Crippen molar-refractivity contribution in [2.75, 3.05) is 24.0 Å². The lowest BCUT2D eigenvalue weighted by Gasteiger charge is -2.19. The monoisotopic (exact) mass is 856 g/mol. The topological polar surface area (TPSA) is 233 Å². The van der Waals surface area contributed by atoms with Gasteiger partial charge < -0.3 is 20.5 Å². The molecule has 2 amide bonds. The number of ketones is 3. The molecule has 0 bridgehead atoms. The molecule has 56 heavy (non-hydrogen) atoms. The fourth-order valence-corrected chi connectivity index (χ4v) is 7.68. The molecule has 0 aromatic heterocycles. The number of carboxylic acids is 1. The van der Waals surface area contributed by atoms with Crippen molar-refractivity contribution in [1.82, 2.24) is 0 Å². The second-order valence-corrected chi connectivity index (χ2v) is 18.7. The molecule has 0 spiro atoms. The number of terminal acetylenes is 1. The number of ether oxygens (including phenoxy) is 1. The third-order valence-corrected chi connectivity index (χ3v) is 11.5. The van der Waals surface area contributed by atoms with Crippen LogP contribution in [0.5, 0.6) is 5.75 Å². The molecule has 2 aromatic carbocycles. The maximum Gasteiger partial charge on any atom is 0.320 e. The second kappa shape index (κ2) is 19.3. The van der Waals surface area contributed by atoms with Crippen molar-refractivity contribution < 1.29 is 60.9 Å². The molecule has 3 unspecified atom stereocenters. The lowest BCUT2D eigenvalue weighted by atomic mass is 9.82. The molecule has 2 aliphatic carbocycles. The Morgan fingerprint density at radius 1 is 1.02 bits per heavy atom. The first-order chi connectivity index (χ1) is 26.0. The summed E-state index contributed by atoms with van der Waals surface area (Å²) in [6.45, 7) is 2.81. The van der Waals surface area contributed by atoms with Gasteiger partial charge in [0.2, 0.25) is 0 Å². The standard InChI is InChI=1S/C18H15ClFNO3.C14H13ClO5S.C5H12NO4P/c1-3-10(2)24-16-9-15(14(20)8-13(16)19)21-17(22)11-6-4-5-7-12(11)18(21)23;1-21(19,20)8-5-6-9(10(15)7-8)14(18)13-11(16)3-2-4-12(13)17;1-11(9,10)3-2-4(6)5(7)8/h1,8-10H,4-7H2,2H3;5-7,13H,2-4H2,1H3;4H,2-3,6H2,1H3,(H,7,8)(H,9,10). The highest BCUT2D eigenvalue weighted by Gasteiger charge is 2.41. The Morgan fingerprint density at radius 2 is 1.57 bits per heavy atom. The molecule has 0 radical (unpaired) electrons. The van der Waals surface area contributed by atoms with Gasteiger partial charge in [0, 0.05) is 54.7 Å². The van der Waals surface area contributed by atoms with Crippen LogP contribution in [-0.4, -0.2) is 84.8 Å². The lowest BCUT2D eigenvalue weighted by molar-refractivity contribution is -0.138. The van der Waals surface area contributed by atoms with Crippen molar-refractivity contribution in [3.63, 3.8) is 0 Å². The SMILES string of the molecule is C#CC(C)Oc1cc(N2C(=O)C3=C(CCCC3)C2=O)c(F)cc1Cl.CP(=O)(O)CCC(N)C(=O)O.CS(=O)(=O)c1ccc(C(=O)C2C(=O)CCCC2=O)c(Cl)c1. The Bertz CT molecular complexity index is 2140. The molecule has 3 atom stereocenters. The number of benzene rings is 2. The molecule has 0 saturated heterocycles. The predicted molar refractivity (Wildman–Crippen MR) is 205 cm³/mol. The van der Waals surface area contributed by atoms with Crippen LogP contribution in [0, 0.1) is 24.1 Å². The maximum absolute atomic E-state index is 14.4. The number of carbonyl (C=O) groups excluding carboxylic acids is 5. The summed E-state index contributed by atoms with van der Waals surface area (Å²) >= 11 is 11.9. The van der Waals surface area contributed by atoms with Crippen LogP contribution in [0.4, 0.5) is 10.1 Å². The largest absolute Gasteiger partial charge is 0.480 e. The minimum absolute atomic E-state index is 0.00216. The summed E-state index contributed by atoms with van der Waals surface area (Å²) in [7, 11) is -6.55. The highest BCUT2D eigenvalue weighted by Crippen LogP contribution is 2.40. The Balaban J connectivity index is 0.000000241. The van der Waals surface area contributed by atoms with Crippen LogP contribution in [0.25, 0.3) is 0 Å². The minimum atomic E-state index is -3.44. The van der Waals surface area contributed by atoms with Crippen molar-refractivity contribution in [3.8, 4) is 18.1 Å². The van der Waals surface area contributed by atoms with Crippen molar-refractivity contribution in [3.05, 3.63) is 62.9 Å². The number of rotatable bonds is 10. The van der Waals surface area contributed by atoms with Gasteiger partial charge >= 0.3 is 5.97 Å². The molecule has 302 valence electrons. The number of carbonyl (C=O) groups is 6. The van der Waals surface area contributed by atoms with Crippen LogP contribution in [0.2, 0.25) is 10.0 Å². The van der Waals surface area contributed by atoms with E-state index in [0.29, 0.717) is 30.4 Å². The number of Topliss-reactive ketones (excluding diaryl/α,β-unsaturated/α-hetero) is 3. The van der Waals surface area contributed by atoms with Crippen LogP contribution >= 0.6 is 30.6 Å². The Morgan fingerprint density at radius 3 is 2.04 bits per heavy atom. The van der Waals surface area contributed by atoms with Gasteiger partial charge in [0.1, 0.15) is 23.5 Å². The van der Waals surface area contributed by atoms with E-state index in [1.165, 1.54) is 24.9 Å². The Hall–Kier alpha value is -4.23. The molecule has 14 nitrogen and oxygen atoms in total. The van der Waals surface area contributed by atoms with Crippen LogP contribution in [-0.2, 0) is 38.4 Å². The van der Waals surface area contributed by atoms with Crippen LogP contribution in [0.1, 0.15) is 68.6 Å². The number of halogens is 3. The zero-order valence-corrected chi connectivity index (χ0v) is 33.8. The number of anilines is 1. The van der Waals surface area contributed by atoms with E-state index in [4.69, 9.17) is 50.1 Å². The van der Waals surface area contributed by atoms with Gasteiger partial charge in [0.05, 0.1) is 20.6 Å². The number of nitrogens with zero attached hydrogens (tertiary/aromatic N) is 1. The predicted octanol–water partition coefficient (Wildman–Crippen LogP) is 5.18. The van der Waals surface area contributed by atoms with Gasteiger partial charge in [-0.15, -0.1) is 6.42 Å². The third kappa shape index (κ3) is 11.9. The van der Waals surface area contributed by atoms with Gasteiger partial charge in [-0.3, -0.25) is 33.3 Å². The molecular formula is C37H40Cl2FN2O12PS. The number of nitrogens with two attached hydrogens (primary N) is 1. The van der Waals surface area contributed by atoms with E-state index in [-0.39, 0.29) is 57.4 Å². The number of imide groups is 1. The van der Waals surface area contributed by atoms with Crippen LogP contribution in [0.3, 0.4) is 0 Å². The van der Waals surface area contributed by atoms with Gasteiger partial charge in [0.15, 0.2) is 40.7 Å². The van der Waals surface area contributed by atoms with E-state index >= 15 is 0 Å². The van der Waals surface area contributed by atoms with Gasteiger partial charge in [-0.1, -0.05) is 29.1 Å². The summed E-state index contributed by atoms with van der Waals surface area (Å²) in [4.78, 5) is 80.7. The number of aliphatic carboxylic acids is 1. The lowest BCUT2D eigenvalue weighted by Crippen LogP contribution is -2.35. The van der Waals surface area contributed by atoms with Crippen molar-refractivity contribution in [2.45, 2.75) is 75.3 Å². The highest BCUT2D eigenvalue weighted by atomic mass is 35.5. The number of hydrogen-bond donors (Lipinski definition) is 3. The molecule has 5 rings (SSSR count). The molecule has 1 fully saturated rings. The normalized spacial score (nSPS) is 18.0. The number of hydrogen-bond acceptors (Lipinski definition) is 11. The molecule has 19 heteroatoms. The smallest absolute Gasteiger partial charge is 0.320 e. The summed E-state index contributed by atoms with van der Waals surface area (Å²) in [5.41, 5.74) is 5.90. The quantitative estimate of drug-likeness (QED) is 0.0921. The van der Waals surface area contributed by atoms with E-state index in [1.54, 1.807) is 6.92 Å². The summed E-state index contributed by atoms with van der Waals surface area (Å²) in [6.07, 6.45) is 9.34. The zero-order valence-electron chi connectivity index (χ0n) is 30.6. The first-order valence-corrected chi connectivity index (χ1v) is 22.0. The maximum atomic E-state index is 14.4. The summed E-state index contributed by atoms with van der Waals surface area (Å²) in [6, 6.07) is 4.88. The van der Waals surface area contributed by atoms with E-state index in [9.17, 15) is 46.1 Å². The second-order valence-electron chi connectivity index (χ2n) is 13.3. The summed E-state index contributed by atoms with van der Waals surface area (Å²) < 4.78 is 53.3. The van der Waals surface area contributed by atoms with E-state index in [0.717, 1.165) is 36.1 Å². The van der Waals surface area contributed by atoms with Gasteiger partial charge in [-0.25, -0.2) is 17.7 Å². The van der Waals surface area contributed by atoms with E-state index in [1.807, 2.05) is 0 Å². The first-order valence-electron chi connectivity index (χ1n) is 17.1. The zero-order chi connectivity index (χ0) is 42.3. The highest BCUT2D eigenvalue weighted by molar-refractivity contribution is 7.90. The van der Waals surface area contributed by atoms with E-state index < -0.39 is 76.2 Å². The third-order valence-electron chi connectivity index (χ3n) is 8.73. The Labute approximate surface area is 332 Å². The Kier molecular flexibility index (Phi) is 15.9. The van der Waals surface area contributed by atoms with Gasteiger partial charge in [0.25, 0.3) is 11.8 Å². The van der Waals surface area contributed by atoms with Gasteiger partial charge in [-0.05, 0) is 69.7 Å². The van der Waals surface area contributed by atoms with Crippen LogP contribution in [0.15, 0.2) is 46.4 Å². The fourth-order valence-electron chi connectivity index (χ4n) is 5.74. The number of amides is 2. The fraction of sp³-hybridized carbons (Fsp3) is 0.405. The van der Waals surface area contributed by atoms with Crippen LogP contribution < -0.4 is 15.4 Å². The first kappa shape index (κ1) is 46.2. The van der Waals surface area contributed by atoms with Crippen molar-refractivity contribution in [1.29, 1.82) is 0 Å². The van der Waals surface area contributed by atoms with Gasteiger partial charge in [-0.2, -0.15) is 0 Å². The molecule has 4 N–H and O–H groups in total. The van der Waals surface area contributed by atoms with E-state index in [2.05, 4.69) is 5.92 Å². The average Bonchev–Trinajstić information content (AvgIpc) is 3.36. The molecule has 1 heterocycles. The molecule has 3 aliphatic rings. The average molecular weight is 858 g/mol. The van der Waals surface area contributed by atoms with Crippen molar-refractivity contribution in [2.24, 2.45) is 11.7 Å². The summed E-state index contributed by atoms with van der Waals surface area (Å²) in [5, 5.41) is 8.23. The molecule has 1 aliphatic heterocycles. The minimum Gasteiger partial charge on any atom is -0.480 e. The molecular weight excluding hydrogens is 817 g/mol. The number of carboxylic acid groups (broad SMARTS) is 1.